The number of carbonyl (C=O) groups is 1. The summed E-state index contributed by atoms with van der Waals surface area (Å²) in [4.78, 5) is 13.3. The molecule has 28 heavy (non-hydrogen) atoms. The molecule has 152 valence electrons. The van der Waals surface area contributed by atoms with Crippen molar-refractivity contribution in [2.24, 2.45) is 29.1 Å². The summed E-state index contributed by atoms with van der Waals surface area (Å²) in [7, 11) is -3.50. The summed E-state index contributed by atoms with van der Waals surface area (Å²) < 4.78 is 26.8. The molecular weight excluding hydrogens is 396 g/mol. The highest BCUT2D eigenvalue weighted by Gasteiger charge is 2.54. The van der Waals surface area contributed by atoms with Gasteiger partial charge in [-0.3, -0.25) is 4.79 Å². The molecule has 1 amide bonds. The Kier molecular flexibility index (Phi) is 4.53. The third kappa shape index (κ3) is 3.17. The van der Waals surface area contributed by atoms with Crippen molar-refractivity contribution >= 4 is 27.5 Å². The molecule has 4 aliphatic carbocycles. The molecule has 4 saturated carbocycles. The molecule has 5 aliphatic rings. The summed E-state index contributed by atoms with van der Waals surface area (Å²) >= 11 is 5.93. The number of carbonyl (C=O) groups excluding carboxylic acids is 1. The maximum absolute atomic E-state index is 13.0. The van der Waals surface area contributed by atoms with Gasteiger partial charge in [-0.1, -0.05) is 17.7 Å². The smallest absolute Gasteiger partial charge is 0.243 e. The molecule has 0 spiro atoms. The Bertz CT molecular complexity index is 859. The van der Waals surface area contributed by atoms with Crippen molar-refractivity contribution in [2.75, 3.05) is 19.6 Å². The van der Waals surface area contributed by atoms with Crippen LogP contribution in [0.3, 0.4) is 0 Å². The molecule has 4 bridgehead atoms. The Labute approximate surface area is 171 Å². The lowest BCUT2D eigenvalue weighted by molar-refractivity contribution is -0.146. The zero-order chi connectivity index (χ0) is 19.5. The van der Waals surface area contributed by atoms with E-state index in [1.165, 1.54) is 29.6 Å². The maximum Gasteiger partial charge on any atom is 0.243 e. The van der Waals surface area contributed by atoms with Crippen LogP contribution in [0.1, 0.15) is 38.5 Å². The number of nitrogens with zero attached hydrogens (tertiary/aromatic N) is 1. The molecule has 7 heteroatoms. The molecule has 5 nitrogen and oxygen atoms in total. The highest BCUT2D eigenvalue weighted by Crippen LogP contribution is 2.60. The topological polar surface area (TPSA) is 66.5 Å². The van der Waals surface area contributed by atoms with Gasteiger partial charge in [-0.15, -0.1) is 0 Å². The molecule has 0 unspecified atom stereocenters. The second-order valence-corrected chi connectivity index (χ2v) is 11.9. The summed E-state index contributed by atoms with van der Waals surface area (Å²) in [6.07, 6.45) is 7.16. The van der Waals surface area contributed by atoms with Gasteiger partial charge in [0, 0.05) is 36.0 Å². The average molecular weight is 423 g/mol. The van der Waals surface area contributed by atoms with Crippen molar-refractivity contribution in [1.29, 1.82) is 0 Å². The summed E-state index contributed by atoms with van der Waals surface area (Å²) in [5.74, 6) is 2.66. The van der Waals surface area contributed by atoms with E-state index in [1.54, 1.807) is 18.2 Å². The van der Waals surface area contributed by atoms with E-state index in [-0.39, 0.29) is 22.1 Å². The molecule has 1 saturated heterocycles. The largest absolute Gasteiger partial charge is 0.355 e. The van der Waals surface area contributed by atoms with Crippen molar-refractivity contribution in [2.45, 2.75) is 43.4 Å². The van der Waals surface area contributed by atoms with Gasteiger partial charge in [-0.2, -0.15) is 4.31 Å². The normalized spacial score (nSPS) is 35.0. The van der Waals surface area contributed by atoms with Crippen LogP contribution >= 0.6 is 11.6 Å². The maximum atomic E-state index is 13.0. The zero-order valence-corrected chi connectivity index (χ0v) is 17.5. The zero-order valence-electron chi connectivity index (χ0n) is 15.9. The Morgan fingerprint density at radius 3 is 2.29 bits per heavy atom. The Balaban J connectivity index is 1.16. The van der Waals surface area contributed by atoms with Crippen LogP contribution < -0.4 is 5.32 Å². The van der Waals surface area contributed by atoms with E-state index in [4.69, 9.17) is 11.6 Å². The lowest BCUT2D eigenvalue weighted by Gasteiger charge is -2.55. The summed E-state index contributed by atoms with van der Waals surface area (Å²) in [6, 6.07) is 6.38. The number of amides is 1. The predicted octanol–water partition coefficient (Wildman–Crippen LogP) is 3.29. The monoisotopic (exact) mass is 422 g/mol. The van der Waals surface area contributed by atoms with Crippen molar-refractivity contribution < 1.29 is 13.2 Å². The molecule has 0 radical (unpaired) electrons. The Hall–Kier alpha value is -1.11. The van der Waals surface area contributed by atoms with Gasteiger partial charge < -0.3 is 5.32 Å². The van der Waals surface area contributed by atoms with Gasteiger partial charge in [0.25, 0.3) is 0 Å². The van der Waals surface area contributed by atoms with E-state index < -0.39 is 10.0 Å². The molecular formula is C21H27ClN2O3S. The van der Waals surface area contributed by atoms with E-state index in [2.05, 4.69) is 5.32 Å². The first-order chi connectivity index (χ1) is 13.3. The van der Waals surface area contributed by atoms with Crippen LogP contribution in [-0.4, -0.2) is 38.3 Å². The van der Waals surface area contributed by atoms with Crippen LogP contribution in [0.25, 0.3) is 0 Å². The number of nitrogens with one attached hydrogen (secondary N) is 1. The molecule has 1 aromatic rings. The minimum absolute atomic E-state index is 0.134. The second-order valence-electron chi connectivity index (χ2n) is 9.55. The predicted molar refractivity (Wildman–Crippen MR) is 107 cm³/mol. The molecule has 0 atom stereocenters. The van der Waals surface area contributed by atoms with Crippen LogP contribution in [0.15, 0.2) is 29.2 Å². The van der Waals surface area contributed by atoms with E-state index >= 15 is 0 Å². The summed E-state index contributed by atoms with van der Waals surface area (Å²) in [6.45, 7) is 1.48. The van der Waals surface area contributed by atoms with Crippen molar-refractivity contribution in [3.63, 3.8) is 0 Å². The van der Waals surface area contributed by atoms with Gasteiger partial charge in [0.2, 0.25) is 15.9 Å². The van der Waals surface area contributed by atoms with Crippen LogP contribution in [0.2, 0.25) is 5.02 Å². The number of halogens is 1. The summed E-state index contributed by atoms with van der Waals surface area (Å²) in [5, 5.41) is 3.60. The number of sulfonamides is 1. The Morgan fingerprint density at radius 2 is 1.71 bits per heavy atom. The van der Waals surface area contributed by atoms with Gasteiger partial charge in [0.05, 0.1) is 4.90 Å². The summed E-state index contributed by atoms with van der Waals surface area (Å²) in [5.41, 5.74) is -0.134. The molecule has 1 N–H and O–H groups in total. The van der Waals surface area contributed by atoms with Crippen molar-refractivity contribution in [3.8, 4) is 0 Å². The minimum atomic E-state index is -3.50. The fourth-order valence-electron chi connectivity index (χ4n) is 6.44. The third-order valence-corrected chi connectivity index (χ3v) is 9.49. The molecule has 5 fully saturated rings. The first kappa shape index (κ1) is 18.9. The SMILES string of the molecule is O=C(NCC1CN(S(=O)(=O)c2cccc(Cl)c2)C1)C12CC3CC(CC(C3)C1)C2. The lowest BCUT2D eigenvalue weighted by Crippen LogP contribution is -2.57. The number of hydrogen-bond acceptors (Lipinski definition) is 3. The van der Waals surface area contributed by atoms with E-state index in [9.17, 15) is 13.2 Å². The third-order valence-electron chi connectivity index (χ3n) is 7.43. The molecule has 1 heterocycles. The number of hydrogen-bond donors (Lipinski definition) is 1. The fourth-order valence-corrected chi connectivity index (χ4v) is 8.33. The van der Waals surface area contributed by atoms with Gasteiger partial charge in [-0.25, -0.2) is 8.42 Å². The first-order valence-corrected chi connectivity index (χ1v) is 12.2. The van der Waals surface area contributed by atoms with Crippen LogP contribution in [-0.2, 0) is 14.8 Å². The van der Waals surface area contributed by atoms with E-state index in [0.717, 1.165) is 37.0 Å². The van der Waals surface area contributed by atoms with Gasteiger partial charge in [0.1, 0.15) is 0 Å². The minimum Gasteiger partial charge on any atom is -0.355 e. The van der Waals surface area contributed by atoms with Crippen LogP contribution in [0.4, 0.5) is 0 Å². The number of benzene rings is 1. The van der Waals surface area contributed by atoms with E-state index in [1.807, 2.05) is 0 Å². The van der Waals surface area contributed by atoms with E-state index in [0.29, 0.717) is 24.7 Å². The van der Waals surface area contributed by atoms with Gasteiger partial charge in [-0.05, 0) is 74.5 Å². The Morgan fingerprint density at radius 1 is 1.11 bits per heavy atom. The molecule has 6 rings (SSSR count). The lowest BCUT2D eigenvalue weighted by atomic mass is 9.49. The van der Waals surface area contributed by atoms with Crippen LogP contribution in [0.5, 0.6) is 0 Å². The highest BCUT2D eigenvalue weighted by molar-refractivity contribution is 7.89. The molecule has 1 aliphatic heterocycles. The fraction of sp³-hybridized carbons (Fsp3) is 0.667. The van der Waals surface area contributed by atoms with Gasteiger partial charge >= 0.3 is 0 Å². The second kappa shape index (κ2) is 6.71. The molecule has 0 aromatic heterocycles. The van der Waals surface area contributed by atoms with Crippen molar-refractivity contribution in [3.05, 3.63) is 29.3 Å². The van der Waals surface area contributed by atoms with Gasteiger partial charge in [0.15, 0.2) is 0 Å². The standard InChI is InChI=1S/C21H27ClN2O3S/c22-18-2-1-3-19(7-18)28(26,27)24-12-17(13-24)11-23-20(25)21-8-14-4-15(9-21)6-16(5-14)10-21/h1-3,7,14-17H,4-6,8-13H2,(H,23,25). The quantitative estimate of drug-likeness (QED) is 0.791. The highest BCUT2D eigenvalue weighted by atomic mass is 35.5. The van der Waals surface area contributed by atoms with Crippen molar-refractivity contribution in [1.82, 2.24) is 9.62 Å². The average Bonchev–Trinajstić information content (AvgIpc) is 2.59. The molecule has 1 aromatic carbocycles. The first-order valence-electron chi connectivity index (χ1n) is 10.4. The van der Waals surface area contributed by atoms with Crippen LogP contribution in [0, 0.1) is 29.1 Å². The number of rotatable bonds is 5.